The summed E-state index contributed by atoms with van der Waals surface area (Å²) in [5.74, 6) is -0.0757. The van der Waals surface area contributed by atoms with Gasteiger partial charge >= 0.3 is 0 Å². The Bertz CT molecular complexity index is 630. The lowest BCUT2D eigenvalue weighted by molar-refractivity contribution is -0.115. The van der Waals surface area contributed by atoms with Crippen LogP contribution < -0.4 is 5.32 Å². The standard InChI is InChI=1S/C13H14ClN3OS2/c1-7-10(14)5-4-6-11(7)15-12(18)8(2)19-13-17-16-9(3)20-13/h4-6,8H,1-3H3,(H,15,18)/t8-/m0/s1. The van der Waals surface area contributed by atoms with Crippen molar-refractivity contribution in [1.29, 1.82) is 0 Å². The average molecular weight is 328 g/mol. The third-order valence-electron chi connectivity index (χ3n) is 2.68. The molecule has 1 amide bonds. The Hall–Kier alpha value is -1.11. The lowest BCUT2D eigenvalue weighted by Gasteiger charge is -2.12. The second kappa shape index (κ2) is 6.56. The number of hydrogen-bond donors (Lipinski definition) is 1. The highest BCUT2D eigenvalue weighted by atomic mass is 35.5. The first kappa shape index (κ1) is 15.3. The number of aryl methyl sites for hydroxylation is 1. The van der Waals surface area contributed by atoms with Crippen LogP contribution in [-0.2, 0) is 4.79 Å². The number of nitrogens with one attached hydrogen (secondary N) is 1. The van der Waals surface area contributed by atoms with Gasteiger partial charge in [0.15, 0.2) is 4.34 Å². The van der Waals surface area contributed by atoms with Gasteiger partial charge in [-0.2, -0.15) is 0 Å². The highest BCUT2D eigenvalue weighted by Crippen LogP contribution is 2.28. The van der Waals surface area contributed by atoms with Crippen LogP contribution in [0.4, 0.5) is 5.69 Å². The molecule has 0 bridgehead atoms. The molecule has 0 saturated carbocycles. The molecule has 0 fully saturated rings. The van der Waals surface area contributed by atoms with Crippen molar-refractivity contribution in [2.75, 3.05) is 5.32 Å². The molecule has 1 atom stereocenters. The lowest BCUT2D eigenvalue weighted by Crippen LogP contribution is -2.22. The van der Waals surface area contributed by atoms with Crippen LogP contribution in [0.25, 0.3) is 0 Å². The Labute approximate surface area is 130 Å². The van der Waals surface area contributed by atoms with E-state index in [-0.39, 0.29) is 11.2 Å². The van der Waals surface area contributed by atoms with E-state index in [9.17, 15) is 4.79 Å². The van der Waals surface area contributed by atoms with Gasteiger partial charge in [0, 0.05) is 10.7 Å². The first-order chi connectivity index (χ1) is 9.47. The summed E-state index contributed by atoms with van der Waals surface area (Å²) in [6.07, 6.45) is 0. The van der Waals surface area contributed by atoms with Crippen LogP contribution in [0.5, 0.6) is 0 Å². The van der Waals surface area contributed by atoms with Gasteiger partial charge in [-0.1, -0.05) is 40.8 Å². The number of rotatable bonds is 4. The topological polar surface area (TPSA) is 54.9 Å². The molecule has 0 radical (unpaired) electrons. The number of nitrogens with zero attached hydrogens (tertiary/aromatic N) is 2. The molecular formula is C13H14ClN3OS2. The Morgan fingerprint density at radius 1 is 1.40 bits per heavy atom. The molecule has 0 aliphatic heterocycles. The van der Waals surface area contributed by atoms with Crippen molar-refractivity contribution in [2.24, 2.45) is 0 Å². The monoisotopic (exact) mass is 327 g/mol. The van der Waals surface area contributed by atoms with Crippen LogP contribution in [0.15, 0.2) is 22.5 Å². The molecule has 0 unspecified atom stereocenters. The van der Waals surface area contributed by atoms with Crippen LogP contribution in [0, 0.1) is 13.8 Å². The smallest absolute Gasteiger partial charge is 0.237 e. The van der Waals surface area contributed by atoms with Crippen LogP contribution in [0.2, 0.25) is 5.02 Å². The molecule has 20 heavy (non-hydrogen) atoms. The molecule has 1 N–H and O–H groups in total. The molecule has 0 aliphatic rings. The van der Waals surface area contributed by atoms with Crippen molar-refractivity contribution in [1.82, 2.24) is 10.2 Å². The van der Waals surface area contributed by atoms with E-state index in [1.54, 1.807) is 6.07 Å². The summed E-state index contributed by atoms with van der Waals surface area (Å²) < 4.78 is 0.799. The third-order valence-corrected chi connectivity index (χ3v) is 5.11. The van der Waals surface area contributed by atoms with E-state index in [1.807, 2.05) is 32.9 Å². The molecule has 4 nitrogen and oxygen atoms in total. The summed E-state index contributed by atoms with van der Waals surface area (Å²) in [6.45, 7) is 5.61. The maximum absolute atomic E-state index is 12.2. The van der Waals surface area contributed by atoms with E-state index in [2.05, 4.69) is 15.5 Å². The Balaban J connectivity index is 2.02. The fourth-order valence-electron chi connectivity index (χ4n) is 1.51. The summed E-state index contributed by atoms with van der Waals surface area (Å²) in [5.41, 5.74) is 1.61. The highest BCUT2D eigenvalue weighted by Gasteiger charge is 2.17. The Morgan fingerprint density at radius 2 is 2.15 bits per heavy atom. The maximum Gasteiger partial charge on any atom is 0.237 e. The first-order valence-electron chi connectivity index (χ1n) is 6.00. The van der Waals surface area contributed by atoms with E-state index in [4.69, 9.17) is 11.6 Å². The molecule has 0 saturated heterocycles. The van der Waals surface area contributed by atoms with Gasteiger partial charge in [0.1, 0.15) is 5.01 Å². The highest BCUT2D eigenvalue weighted by molar-refractivity contribution is 8.02. The average Bonchev–Trinajstić information content (AvgIpc) is 2.80. The second-order valence-corrected chi connectivity index (χ2v) is 7.43. The van der Waals surface area contributed by atoms with Gasteiger partial charge in [-0.15, -0.1) is 10.2 Å². The number of carbonyl (C=O) groups excluding carboxylic acids is 1. The molecule has 0 aliphatic carbocycles. The van der Waals surface area contributed by atoms with Gasteiger partial charge in [0.05, 0.1) is 5.25 Å². The van der Waals surface area contributed by atoms with Gasteiger partial charge in [-0.3, -0.25) is 4.79 Å². The number of carbonyl (C=O) groups is 1. The largest absolute Gasteiger partial charge is 0.325 e. The minimum absolute atomic E-state index is 0.0757. The number of benzene rings is 1. The number of anilines is 1. The number of thioether (sulfide) groups is 1. The van der Waals surface area contributed by atoms with E-state index in [1.165, 1.54) is 23.1 Å². The molecule has 1 aromatic carbocycles. The fourth-order valence-corrected chi connectivity index (χ4v) is 3.64. The van der Waals surface area contributed by atoms with Crippen molar-refractivity contribution >= 4 is 46.3 Å². The van der Waals surface area contributed by atoms with Crippen molar-refractivity contribution in [3.63, 3.8) is 0 Å². The summed E-state index contributed by atoms with van der Waals surface area (Å²) in [4.78, 5) is 12.2. The molecular weight excluding hydrogens is 314 g/mol. The third kappa shape index (κ3) is 3.71. The van der Waals surface area contributed by atoms with Crippen LogP contribution in [0.3, 0.4) is 0 Å². The van der Waals surface area contributed by atoms with Crippen molar-refractivity contribution in [3.8, 4) is 0 Å². The number of halogens is 1. The number of amides is 1. The lowest BCUT2D eigenvalue weighted by atomic mass is 10.2. The van der Waals surface area contributed by atoms with E-state index in [0.717, 1.165) is 20.6 Å². The van der Waals surface area contributed by atoms with Crippen molar-refractivity contribution in [3.05, 3.63) is 33.8 Å². The van der Waals surface area contributed by atoms with Gasteiger partial charge in [-0.25, -0.2) is 0 Å². The molecule has 7 heteroatoms. The maximum atomic E-state index is 12.2. The minimum atomic E-state index is -0.249. The summed E-state index contributed by atoms with van der Waals surface area (Å²) >= 11 is 8.92. The van der Waals surface area contributed by atoms with E-state index < -0.39 is 0 Å². The zero-order chi connectivity index (χ0) is 14.7. The van der Waals surface area contributed by atoms with Gasteiger partial charge in [0.25, 0.3) is 0 Å². The summed E-state index contributed by atoms with van der Waals surface area (Å²) in [6, 6.07) is 5.46. The predicted molar refractivity (Wildman–Crippen MR) is 84.8 cm³/mol. The fraction of sp³-hybridized carbons (Fsp3) is 0.308. The second-order valence-electron chi connectivity index (χ2n) is 4.25. The molecule has 1 aromatic heterocycles. The quantitative estimate of drug-likeness (QED) is 0.864. The zero-order valence-electron chi connectivity index (χ0n) is 11.3. The van der Waals surface area contributed by atoms with Crippen LogP contribution in [0.1, 0.15) is 17.5 Å². The van der Waals surface area contributed by atoms with Gasteiger partial charge in [0.2, 0.25) is 5.91 Å². The van der Waals surface area contributed by atoms with Crippen LogP contribution >= 0.6 is 34.7 Å². The van der Waals surface area contributed by atoms with E-state index in [0.29, 0.717) is 5.02 Å². The number of hydrogen-bond acceptors (Lipinski definition) is 5. The van der Waals surface area contributed by atoms with E-state index >= 15 is 0 Å². The Kier molecular flexibility index (Phi) is 5.01. The van der Waals surface area contributed by atoms with Crippen LogP contribution in [-0.4, -0.2) is 21.4 Å². The number of aromatic nitrogens is 2. The first-order valence-corrected chi connectivity index (χ1v) is 8.07. The van der Waals surface area contributed by atoms with Crippen molar-refractivity contribution in [2.45, 2.75) is 30.4 Å². The van der Waals surface area contributed by atoms with Gasteiger partial charge < -0.3 is 5.32 Å². The molecule has 106 valence electrons. The van der Waals surface area contributed by atoms with Crippen molar-refractivity contribution < 1.29 is 4.79 Å². The van der Waals surface area contributed by atoms with Gasteiger partial charge in [-0.05, 0) is 38.5 Å². The summed E-state index contributed by atoms with van der Waals surface area (Å²) in [7, 11) is 0. The molecule has 2 aromatic rings. The molecule has 2 rings (SSSR count). The molecule has 1 heterocycles. The summed E-state index contributed by atoms with van der Waals surface area (Å²) in [5, 5.41) is 12.1. The predicted octanol–water partition coefficient (Wildman–Crippen LogP) is 3.93. The Morgan fingerprint density at radius 3 is 2.80 bits per heavy atom. The molecule has 0 spiro atoms. The zero-order valence-corrected chi connectivity index (χ0v) is 13.7. The minimum Gasteiger partial charge on any atom is -0.325 e. The SMILES string of the molecule is Cc1nnc(S[C@@H](C)C(=O)Nc2cccc(Cl)c2C)s1. The normalized spacial score (nSPS) is 12.2.